The number of para-hydroxylation sites is 1. The van der Waals surface area contributed by atoms with Crippen LogP contribution in [0, 0.1) is 0 Å². The first-order chi connectivity index (χ1) is 38.4. The highest BCUT2D eigenvalue weighted by molar-refractivity contribution is 7.99. The summed E-state index contributed by atoms with van der Waals surface area (Å²) in [6.07, 6.45) is 0. The van der Waals surface area contributed by atoms with Gasteiger partial charge in [-0.05, 0) is 160 Å². The Labute approximate surface area is 474 Å². The zero-order chi connectivity index (χ0) is 53.4. The summed E-state index contributed by atoms with van der Waals surface area (Å²) in [6, 6.07) is 95.2. The van der Waals surface area contributed by atoms with Gasteiger partial charge in [-0.1, -0.05) is 259 Å². The van der Waals surface area contributed by atoms with Crippen molar-refractivity contribution in [2.75, 3.05) is 4.90 Å². The van der Waals surface area contributed by atoms with Gasteiger partial charge >= 0.3 is 0 Å². The van der Waals surface area contributed by atoms with Crippen molar-refractivity contribution in [3.8, 4) is 44.5 Å². The minimum Gasteiger partial charge on any atom is -0.310 e. The predicted molar refractivity (Wildman–Crippen MR) is 332 cm³/mol. The Balaban J connectivity index is 1.03. The van der Waals surface area contributed by atoms with Crippen molar-refractivity contribution in [2.45, 2.75) is 82.8 Å². The van der Waals surface area contributed by atoms with Crippen LogP contribution in [0.3, 0.4) is 0 Å². The summed E-state index contributed by atoms with van der Waals surface area (Å²) in [5.41, 5.74) is 25.4. The Hall–Kier alpha value is -8.08. The Bertz CT molecular complexity index is 4170. The molecule has 0 aromatic heterocycles. The third-order valence-electron chi connectivity index (χ3n) is 17.5. The van der Waals surface area contributed by atoms with Crippen LogP contribution in [0.2, 0.25) is 0 Å². The van der Waals surface area contributed by atoms with Gasteiger partial charge in [-0.3, -0.25) is 0 Å². The predicted octanol–water partition coefficient (Wildman–Crippen LogP) is 20.7. The molecule has 0 unspecified atom stereocenters. The van der Waals surface area contributed by atoms with Crippen LogP contribution >= 0.6 is 23.5 Å². The lowest BCUT2D eigenvalue weighted by Crippen LogP contribution is -2.33. The summed E-state index contributed by atoms with van der Waals surface area (Å²) in [6.45, 7) is 14.1. The molecule has 0 N–H and O–H groups in total. The number of nitrogens with zero attached hydrogens (tertiary/aromatic N) is 1. The minimum absolute atomic E-state index is 0.0559. The zero-order valence-electron chi connectivity index (χ0n) is 45.4. The summed E-state index contributed by atoms with van der Waals surface area (Å²) in [7, 11) is 0. The molecule has 11 aromatic rings. The van der Waals surface area contributed by atoms with Crippen LogP contribution in [0.25, 0.3) is 44.5 Å². The highest BCUT2D eigenvalue weighted by atomic mass is 32.2. The van der Waals surface area contributed by atoms with E-state index >= 15 is 0 Å². The molecule has 15 rings (SSSR count). The minimum atomic E-state index is -0.602. The largest absolute Gasteiger partial charge is 0.310 e. The molecule has 0 amide bonds. The zero-order valence-corrected chi connectivity index (χ0v) is 47.1. The molecule has 4 aliphatic rings. The molecular formula is C76H59NS2. The van der Waals surface area contributed by atoms with Crippen molar-refractivity contribution < 1.29 is 0 Å². The number of anilines is 3. The van der Waals surface area contributed by atoms with Crippen LogP contribution in [0.4, 0.5) is 17.1 Å². The number of rotatable bonds is 5. The topological polar surface area (TPSA) is 3.24 Å². The van der Waals surface area contributed by atoms with Crippen LogP contribution in [0.1, 0.15) is 97.2 Å². The summed E-state index contributed by atoms with van der Waals surface area (Å²) in [5.74, 6) is 0. The molecule has 0 radical (unpaired) electrons. The van der Waals surface area contributed by atoms with Gasteiger partial charge in [-0.25, -0.2) is 0 Å². The number of hydrogen-bond donors (Lipinski definition) is 0. The molecule has 0 atom stereocenters. The second-order valence-corrected chi connectivity index (χ2v) is 26.1. The highest BCUT2D eigenvalue weighted by Gasteiger charge is 2.53. The second-order valence-electron chi connectivity index (χ2n) is 24.0. The Morgan fingerprint density at radius 1 is 0.278 bits per heavy atom. The molecule has 79 heavy (non-hydrogen) atoms. The highest BCUT2D eigenvalue weighted by Crippen LogP contribution is 2.66. The van der Waals surface area contributed by atoms with Crippen molar-refractivity contribution >= 4 is 40.6 Å². The molecule has 11 aromatic carbocycles. The van der Waals surface area contributed by atoms with Crippen LogP contribution in [0.15, 0.2) is 268 Å². The summed E-state index contributed by atoms with van der Waals surface area (Å²) in [4.78, 5) is 7.81. The molecule has 3 heteroatoms. The maximum atomic E-state index is 2.58. The first kappa shape index (κ1) is 48.1. The molecule has 2 heterocycles. The van der Waals surface area contributed by atoms with E-state index in [1.165, 1.54) is 120 Å². The third kappa shape index (κ3) is 7.11. The van der Waals surface area contributed by atoms with E-state index in [9.17, 15) is 0 Å². The van der Waals surface area contributed by atoms with Crippen molar-refractivity contribution in [1.29, 1.82) is 0 Å². The fourth-order valence-electron chi connectivity index (χ4n) is 13.8. The van der Waals surface area contributed by atoms with Crippen LogP contribution in [0.5, 0.6) is 0 Å². The van der Waals surface area contributed by atoms with E-state index in [4.69, 9.17) is 0 Å². The summed E-state index contributed by atoms with van der Waals surface area (Å²) >= 11 is 3.82. The van der Waals surface area contributed by atoms with E-state index in [0.717, 1.165) is 17.1 Å². The lowest BCUT2D eigenvalue weighted by atomic mass is 9.65. The second kappa shape index (κ2) is 17.7. The first-order valence-corrected chi connectivity index (χ1v) is 29.4. The molecule has 0 bridgehead atoms. The Morgan fingerprint density at radius 3 is 1.16 bits per heavy atom. The van der Waals surface area contributed by atoms with Crippen molar-refractivity contribution in [3.05, 3.63) is 304 Å². The van der Waals surface area contributed by atoms with Gasteiger partial charge in [0.05, 0.1) is 16.5 Å². The van der Waals surface area contributed by atoms with Crippen molar-refractivity contribution in [2.24, 2.45) is 0 Å². The number of benzene rings is 11. The number of fused-ring (bicyclic) bond motifs is 18. The van der Waals surface area contributed by atoms with Gasteiger partial charge < -0.3 is 4.90 Å². The lowest BCUT2D eigenvalue weighted by Gasteiger charge is -2.42. The fourth-order valence-corrected chi connectivity index (χ4v) is 16.1. The van der Waals surface area contributed by atoms with E-state index in [1.54, 1.807) is 0 Å². The Kier molecular flexibility index (Phi) is 10.8. The molecular weight excluding hydrogens is 991 g/mol. The molecule has 2 aliphatic heterocycles. The van der Waals surface area contributed by atoms with E-state index in [-0.39, 0.29) is 10.8 Å². The van der Waals surface area contributed by atoms with E-state index in [0.29, 0.717) is 0 Å². The van der Waals surface area contributed by atoms with Gasteiger partial charge in [-0.2, -0.15) is 0 Å². The van der Waals surface area contributed by atoms with Crippen LogP contribution in [-0.2, 0) is 21.7 Å². The monoisotopic (exact) mass is 1050 g/mol. The first-order valence-electron chi connectivity index (χ1n) is 27.8. The average molecular weight is 1050 g/mol. The molecule has 380 valence electrons. The van der Waals surface area contributed by atoms with E-state index in [1.807, 2.05) is 23.5 Å². The maximum absolute atomic E-state index is 2.58. The molecule has 0 saturated heterocycles. The lowest BCUT2D eigenvalue weighted by molar-refractivity contribution is 0.581. The smallest absolute Gasteiger partial charge is 0.0736 e. The Morgan fingerprint density at radius 2 is 0.658 bits per heavy atom. The molecule has 2 spiro atoms. The van der Waals surface area contributed by atoms with Gasteiger partial charge in [-0.15, -0.1) is 0 Å². The van der Waals surface area contributed by atoms with Gasteiger partial charge in [0.2, 0.25) is 0 Å². The molecule has 0 fully saturated rings. The SMILES string of the molecule is CC(C)(C)c1ccc2c(c1)C1(c3cc(C(C)(C)C)ccc3S2)c2ccccc2-c2ccc(N(c3ccc4c(c3)C3(c5ccccc5Sc5ccccc53)c3ccccc3-4)c3ccccc3-c3ccc(-c4ccccc4)cc3)cc21. The fraction of sp³-hybridized carbons (Fsp3) is 0.132. The van der Waals surface area contributed by atoms with E-state index < -0.39 is 10.8 Å². The third-order valence-corrected chi connectivity index (χ3v) is 19.8. The van der Waals surface area contributed by atoms with Gasteiger partial charge in [0.1, 0.15) is 0 Å². The van der Waals surface area contributed by atoms with Crippen LogP contribution in [-0.4, -0.2) is 0 Å². The summed E-state index contributed by atoms with van der Waals surface area (Å²) < 4.78 is 0. The molecule has 1 nitrogen and oxygen atoms in total. The van der Waals surface area contributed by atoms with E-state index in [2.05, 4.69) is 295 Å². The molecule has 2 aliphatic carbocycles. The van der Waals surface area contributed by atoms with Gasteiger partial charge in [0, 0.05) is 36.5 Å². The number of hydrogen-bond acceptors (Lipinski definition) is 3. The van der Waals surface area contributed by atoms with Gasteiger partial charge in [0.25, 0.3) is 0 Å². The molecule has 0 saturated carbocycles. The quantitative estimate of drug-likeness (QED) is 0.169. The van der Waals surface area contributed by atoms with Crippen molar-refractivity contribution in [3.63, 3.8) is 0 Å². The normalized spacial score (nSPS) is 14.6. The standard InChI is InChI=1S/C76H59NS2/c1-73(2,3)51-36-42-71-66(44-51)76(67-45-52(74(4,5)6)37-43-72(67)79-71)61-26-14-11-24-57(61)59-41-39-54(47-65(59)76)77(68-29-17-12-22-55(68)50-34-32-49(33-35-50)48-20-8-7-9-21-48)53-38-40-58-56-23-10-13-25-60(56)75(64(58)46-53)62-27-15-18-30-69(62)78-70-31-19-16-28-63(70)75/h7-47H,1-6H3. The van der Waals surface area contributed by atoms with Gasteiger partial charge in [0.15, 0.2) is 0 Å². The van der Waals surface area contributed by atoms with Crippen LogP contribution < -0.4 is 4.90 Å². The maximum Gasteiger partial charge on any atom is 0.0736 e. The summed E-state index contributed by atoms with van der Waals surface area (Å²) in [5, 5.41) is 0. The average Bonchev–Trinajstić information content (AvgIpc) is 2.53. The van der Waals surface area contributed by atoms with Crippen molar-refractivity contribution in [1.82, 2.24) is 0 Å².